The van der Waals surface area contributed by atoms with Crippen LogP contribution in [-0.2, 0) is 9.53 Å². The molecule has 2 aliphatic carbocycles. The minimum atomic E-state index is 0.0538. The molecule has 5 unspecified atom stereocenters. The van der Waals surface area contributed by atoms with Crippen molar-refractivity contribution in [2.75, 3.05) is 20.8 Å². The van der Waals surface area contributed by atoms with Crippen LogP contribution in [0.3, 0.4) is 0 Å². The second-order valence-corrected chi connectivity index (χ2v) is 5.69. The molecule has 98 valence electrons. The molecule has 2 aliphatic rings. The molecule has 4 heteroatoms. The Labute approximate surface area is 103 Å². The molecule has 2 N–H and O–H groups in total. The number of amides is 1. The summed E-state index contributed by atoms with van der Waals surface area (Å²) in [6.07, 6.45) is 3.55. The molecule has 2 fully saturated rings. The minimum absolute atomic E-state index is 0.0538. The average molecular weight is 240 g/mol. The van der Waals surface area contributed by atoms with Gasteiger partial charge in [-0.1, -0.05) is 0 Å². The van der Waals surface area contributed by atoms with E-state index in [2.05, 4.69) is 0 Å². The van der Waals surface area contributed by atoms with Crippen LogP contribution in [0.2, 0.25) is 0 Å². The second-order valence-electron chi connectivity index (χ2n) is 5.69. The molecule has 4 nitrogen and oxygen atoms in total. The lowest BCUT2D eigenvalue weighted by atomic mass is 9.84. The van der Waals surface area contributed by atoms with E-state index in [0.29, 0.717) is 18.4 Å². The van der Waals surface area contributed by atoms with Gasteiger partial charge in [0.25, 0.3) is 0 Å². The van der Waals surface area contributed by atoms with Crippen LogP contribution in [-0.4, -0.2) is 43.7 Å². The molecule has 0 aromatic carbocycles. The van der Waals surface area contributed by atoms with E-state index in [-0.39, 0.29) is 23.9 Å². The molecule has 17 heavy (non-hydrogen) atoms. The third kappa shape index (κ3) is 2.20. The summed E-state index contributed by atoms with van der Waals surface area (Å²) in [5.74, 6) is 1.38. The van der Waals surface area contributed by atoms with Gasteiger partial charge in [-0.2, -0.15) is 0 Å². The average Bonchev–Trinajstić information content (AvgIpc) is 2.88. The molecular weight excluding hydrogens is 216 g/mol. The Kier molecular flexibility index (Phi) is 3.73. The molecule has 5 atom stereocenters. The summed E-state index contributed by atoms with van der Waals surface area (Å²) < 4.78 is 5.10. The number of hydrogen-bond acceptors (Lipinski definition) is 3. The Morgan fingerprint density at radius 2 is 2.12 bits per heavy atom. The number of likely N-dealkylation sites (N-methyl/N-ethyl adjacent to an activating group) is 1. The van der Waals surface area contributed by atoms with Gasteiger partial charge in [0.1, 0.15) is 0 Å². The first-order valence-electron chi connectivity index (χ1n) is 6.57. The fourth-order valence-electron chi connectivity index (χ4n) is 3.51. The number of fused-ring (bicyclic) bond motifs is 2. The van der Waals surface area contributed by atoms with Crippen LogP contribution in [0.5, 0.6) is 0 Å². The van der Waals surface area contributed by atoms with Gasteiger partial charge < -0.3 is 15.4 Å². The highest BCUT2D eigenvalue weighted by molar-refractivity contribution is 5.80. The number of nitrogens with two attached hydrogens (primary N) is 1. The normalized spacial score (nSPS) is 37.2. The van der Waals surface area contributed by atoms with Crippen molar-refractivity contribution in [3.63, 3.8) is 0 Å². The van der Waals surface area contributed by atoms with Gasteiger partial charge in [0.2, 0.25) is 5.91 Å². The summed E-state index contributed by atoms with van der Waals surface area (Å²) in [7, 11) is 3.53. The Balaban J connectivity index is 2.00. The van der Waals surface area contributed by atoms with Crippen molar-refractivity contribution in [2.45, 2.75) is 38.3 Å². The molecule has 2 rings (SSSR count). The molecule has 0 heterocycles. The van der Waals surface area contributed by atoms with E-state index in [1.165, 1.54) is 12.8 Å². The monoisotopic (exact) mass is 240 g/mol. The van der Waals surface area contributed by atoms with E-state index < -0.39 is 0 Å². The number of hydrogen-bond donors (Lipinski definition) is 1. The molecule has 1 amide bonds. The van der Waals surface area contributed by atoms with Crippen molar-refractivity contribution < 1.29 is 9.53 Å². The lowest BCUT2D eigenvalue weighted by Gasteiger charge is -2.33. The molecule has 0 spiro atoms. The highest BCUT2D eigenvalue weighted by atomic mass is 16.5. The van der Waals surface area contributed by atoms with E-state index in [9.17, 15) is 4.79 Å². The zero-order valence-electron chi connectivity index (χ0n) is 11.1. The van der Waals surface area contributed by atoms with Crippen molar-refractivity contribution >= 4 is 5.91 Å². The number of rotatable bonds is 4. The predicted molar refractivity (Wildman–Crippen MR) is 66.4 cm³/mol. The molecule has 0 saturated heterocycles. The van der Waals surface area contributed by atoms with Crippen LogP contribution in [0, 0.1) is 17.8 Å². The van der Waals surface area contributed by atoms with Crippen LogP contribution < -0.4 is 5.73 Å². The Morgan fingerprint density at radius 3 is 2.65 bits per heavy atom. The van der Waals surface area contributed by atoms with Crippen molar-refractivity contribution in [1.29, 1.82) is 0 Å². The maximum atomic E-state index is 12.5. The zero-order valence-corrected chi connectivity index (χ0v) is 11.1. The Morgan fingerprint density at radius 1 is 1.47 bits per heavy atom. The summed E-state index contributed by atoms with van der Waals surface area (Å²) in [5, 5.41) is 0. The molecule has 2 saturated carbocycles. The van der Waals surface area contributed by atoms with Crippen molar-refractivity contribution in [3.8, 4) is 0 Å². The van der Waals surface area contributed by atoms with Gasteiger partial charge in [0.15, 0.2) is 0 Å². The van der Waals surface area contributed by atoms with E-state index in [1.807, 2.05) is 18.9 Å². The number of methoxy groups -OCH3 is 1. The van der Waals surface area contributed by atoms with Gasteiger partial charge in [-0.15, -0.1) is 0 Å². The van der Waals surface area contributed by atoms with Crippen molar-refractivity contribution in [1.82, 2.24) is 4.90 Å². The second kappa shape index (κ2) is 4.94. The highest BCUT2D eigenvalue weighted by Gasteiger charge is 2.50. The van der Waals surface area contributed by atoms with Gasteiger partial charge >= 0.3 is 0 Å². The van der Waals surface area contributed by atoms with Gasteiger partial charge in [-0.25, -0.2) is 0 Å². The maximum absolute atomic E-state index is 12.5. The minimum Gasteiger partial charge on any atom is -0.383 e. The first-order chi connectivity index (χ1) is 8.06. The summed E-state index contributed by atoms with van der Waals surface area (Å²) in [6, 6.07) is 0.206. The number of carbonyl (C=O) groups is 1. The molecule has 0 aliphatic heterocycles. The van der Waals surface area contributed by atoms with Crippen molar-refractivity contribution in [3.05, 3.63) is 0 Å². The molecule has 0 aromatic rings. The van der Waals surface area contributed by atoms with E-state index in [0.717, 1.165) is 6.42 Å². The first-order valence-corrected chi connectivity index (χ1v) is 6.57. The molecular formula is C13H24N2O2. The summed E-state index contributed by atoms with van der Waals surface area (Å²) in [6.45, 7) is 2.60. The van der Waals surface area contributed by atoms with Crippen molar-refractivity contribution in [2.24, 2.45) is 23.5 Å². The summed E-state index contributed by atoms with van der Waals surface area (Å²) in [5.41, 5.74) is 6.20. The third-order valence-corrected chi connectivity index (χ3v) is 4.68. The van der Waals surface area contributed by atoms with Gasteiger partial charge in [0.05, 0.1) is 18.6 Å². The SMILES string of the molecule is COCC(C)N(C)C(=O)C1C2CCC(C2)C1N. The van der Waals surface area contributed by atoms with Gasteiger partial charge in [-0.05, 0) is 38.0 Å². The van der Waals surface area contributed by atoms with Crippen LogP contribution >= 0.6 is 0 Å². The largest absolute Gasteiger partial charge is 0.383 e. The fraction of sp³-hybridized carbons (Fsp3) is 0.923. The fourth-order valence-corrected chi connectivity index (χ4v) is 3.51. The Hall–Kier alpha value is -0.610. The Bertz CT molecular complexity index is 293. The number of nitrogens with zero attached hydrogens (tertiary/aromatic N) is 1. The van der Waals surface area contributed by atoms with E-state index >= 15 is 0 Å². The zero-order chi connectivity index (χ0) is 12.6. The van der Waals surface area contributed by atoms with Crippen LogP contribution in [0.15, 0.2) is 0 Å². The molecule has 0 aromatic heterocycles. The maximum Gasteiger partial charge on any atom is 0.227 e. The van der Waals surface area contributed by atoms with Crippen LogP contribution in [0.25, 0.3) is 0 Å². The summed E-state index contributed by atoms with van der Waals surface area (Å²) in [4.78, 5) is 14.3. The smallest absolute Gasteiger partial charge is 0.227 e. The number of ether oxygens (including phenoxy) is 1. The van der Waals surface area contributed by atoms with Gasteiger partial charge in [-0.3, -0.25) is 4.79 Å². The predicted octanol–water partition coefficient (Wildman–Crippen LogP) is 0.853. The van der Waals surface area contributed by atoms with Crippen LogP contribution in [0.1, 0.15) is 26.2 Å². The van der Waals surface area contributed by atoms with Gasteiger partial charge in [0, 0.05) is 20.2 Å². The number of carbonyl (C=O) groups excluding carboxylic acids is 1. The topological polar surface area (TPSA) is 55.6 Å². The first kappa shape index (κ1) is 12.8. The lowest BCUT2D eigenvalue weighted by molar-refractivity contribution is -0.139. The molecule has 0 radical (unpaired) electrons. The highest BCUT2D eigenvalue weighted by Crippen LogP contribution is 2.48. The lowest BCUT2D eigenvalue weighted by Crippen LogP contribution is -2.49. The van der Waals surface area contributed by atoms with E-state index in [1.54, 1.807) is 7.11 Å². The summed E-state index contributed by atoms with van der Waals surface area (Å²) >= 11 is 0. The quantitative estimate of drug-likeness (QED) is 0.792. The molecule has 2 bridgehead atoms. The van der Waals surface area contributed by atoms with E-state index in [4.69, 9.17) is 10.5 Å². The third-order valence-electron chi connectivity index (χ3n) is 4.68. The van der Waals surface area contributed by atoms with Crippen LogP contribution in [0.4, 0.5) is 0 Å². The standard InChI is InChI=1S/C13H24N2O2/c1-8(7-17-3)15(2)13(16)11-9-4-5-10(6-9)12(11)14/h8-12H,4-7,14H2,1-3H3.